The van der Waals surface area contributed by atoms with E-state index in [0.717, 1.165) is 6.42 Å². The van der Waals surface area contributed by atoms with E-state index in [1.165, 1.54) is 7.11 Å². The maximum Gasteiger partial charge on any atom is 0.415 e. The summed E-state index contributed by atoms with van der Waals surface area (Å²) in [6, 6.07) is 6.30. The number of hydrogen-bond donors (Lipinski definition) is 0. The number of carbonyl (C=O) groups excluding carboxylic acids is 3. The van der Waals surface area contributed by atoms with E-state index in [2.05, 4.69) is 4.74 Å². The van der Waals surface area contributed by atoms with Crippen molar-refractivity contribution in [2.24, 2.45) is 0 Å². The summed E-state index contributed by atoms with van der Waals surface area (Å²) in [5.74, 6) is -0.0793. The van der Waals surface area contributed by atoms with Crippen LogP contribution in [0.25, 0.3) is 0 Å². The minimum Gasteiger partial charge on any atom is -0.465 e. The Kier molecular flexibility index (Phi) is 5.83. The minimum atomic E-state index is -0.444. The molecule has 1 aromatic rings. The smallest absolute Gasteiger partial charge is 0.415 e. The Hall–Kier alpha value is -2.77. The number of hydrogen-bond acceptors (Lipinski definition) is 6. The zero-order chi connectivity index (χ0) is 19.4. The van der Waals surface area contributed by atoms with Crippen LogP contribution >= 0.6 is 0 Å². The van der Waals surface area contributed by atoms with Crippen molar-refractivity contribution in [1.29, 1.82) is 0 Å². The van der Waals surface area contributed by atoms with Crippen molar-refractivity contribution < 1.29 is 28.6 Å². The van der Waals surface area contributed by atoms with E-state index in [0.29, 0.717) is 43.8 Å². The number of methoxy groups -OCH3 is 1. The van der Waals surface area contributed by atoms with Crippen molar-refractivity contribution in [2.45, 2.75) is 38.3 Å². The van der Waals surface area contributed by atoms with Crippen LogP contribution in [0, 0.1) is 0 Å². The Bertz CT molecular complexity index is 697. The molecule has 2 aliphatic rings. The molecule has 1 aromatic carbocycles. The fraction of sp³-hybridized carbons (Fsp3) is 0.526. The first-order chi connectivity index (χ1) is 13.0. The summed E-state index contributed by atoms with van der Waals surface area (Å²) in [6.45, 7) is 3.66. The monoisotopic (exact) mass is 376 g/mol. The van der Waals surface area contributed by atoms with E-state index in [-0.39, 0.29) is 18.2 Å². The number of likely N-dealkylation sites (tertiary alicyclic amines) is 1. The van der Waals surface area contributed by atoms with Gasteiger partial charge in [0, 0.05) is 19.1 Å². The number of rotatable bonds is 4. The molecule has 27 heavy (non-hydrogen) atoms. The van der Waals surface area contributed by atoms with Gasteiger partial charge in [-0.15, -0.1) is 0 Å². The van der Waals surface area contributed by atoms with Gasteiger partial charge in [-0.1, -0.05) is 6.92 Å². The first kappa shape index (κ1) is 19.0. The van der Waals surface area contributed by atoms with Gasteiger partial charge < -0.3 is 24.0 Å². The molecule has 3 rings (SSSR count). The van der Waals surface area contributed by atoms with Gasteiger partial charge in [-0.05, 0) is 43.5 Å². The quantitative estimate of drug-likeness (QED) is 0.751. The van der Waals surface area contributed by atoms with Crippen LogP contribution in [0.3, 0.4) is 0 Å². The molecule has 2 fully saturated rings. The number of amides is 2. The van der Waals surface area contributed by atoms with E-state index in [9.17, 15) is 14.4 Å². The summed E-state index contributed by atoms with van der Waals surface area (Å²) in [5, 5.41) is 0. The highest BCUT2D eigenvalue weighted by Gasteiger charge is 2.37. The number of nitrogens with zero attached hydrogens (tertiary/aromatic N) is 2. The van der Waals surface area contributed by atoms with Crippen molar-refractivity contribution in [3.63, 3.8) is 0 Å². The topological polar surface area (TPSA) is 85.4 Å². The SMILES string of the molecule is CCC1CN(C2CCN(C(=O)Oc3ccc(C(=O)OC)cc3)CC2)C(=O)O1. The predicted molar refractivity (Wildman–Crippen MR) is 95.7 cm³/mol. The Balaban J connectivity index is 1.50. The second kappa shape index (κ2) is 8.28. The van der Waals surface area contributed by atoms with E-state index >= 15 is 0 Å². The van der Waals surface area contributed by atoms with Gasteiger partial charge in [0.15, 0.2) is 0 Å². The van der Waals surface area contributed by atoms with E-state index < -0.39 is 12.1 Å². The Morgan fingerprint density at radius 3 is 2.41 bits per heavy atom. The number of carbonyl (C=O) groups is 3. The Morgan fingerprint density at radius 2 is 1.85 bits per heavy atom. The second-order valence-corrected chi connectivity index (χ2v) is 6.67. The number of piperidine rings is 1. The highest BCUT2D eigenvalue weighted by molar-refractivity contribution is 5.89. The van der Waals surface area contributed by atoms with Crippen LogP contribution in [0.2, 0.25) is 0 Å². The van der Waals surface area contributed by atoms with Crippen LogP contribution in [0.5, 0.6) is 5.75 Å². The molecule has 0 spiro atoms. The predicted octanol–water partition coefficient (Wildman–Crippen LogP) is 2.67. The first-order valence-electron chi connectivity index (χ1n) is 9.14. The van der Waals surface area contributed by atoms with Crippen LogP contribution in [-0.4, -0.2) is 66.8 Å². The number of ether oxygens (including phenoxy) is 3. The normalized spacial score (nSPS) is 20.4. The second-order valence-electron chi connectivity index (χ2n) is 6.67. The molecule has 2 amide bonds. The van der Waals surface area contributed by atoms with Gasteiger partial charge >= 0.3 is 18.2 Å². The fourth-order valence-corrected chi connectivity index (χ4v) is 3.35. The van der Waals surface area contributed by atoms with Crippen LogP contribution in [0.1, 0.15) is 36.5 Å². The van der Waals surface area contributed by atoms with Crippen molar-refractivity contribution in [3.8, 4) is 5.75 Å². The van der Waals surface area contributed by atoms with Crippen LogP contribution in [-0.2, 0) is 9.47 Å². The van der Waals surface area contributed by atoms with Crippen molar-refractivity contribution in [1.82, 2.24) is 9.80 Å². The molecule has 2 aliphatic heterocycles. The number of benzene rings is 1. The summed E-state index contributed by atoms with van der Waals surface area (Å²) in [6.07, 6.45) is 1.48. The molecule has 2 heterocycles. The minimum absolute atomic E-state index is 0.0338. The van der Waals surface area contributed by atoms with Crippen molar-refractivity contribution in [2.75, 3.05) is 26.7 Å². The maximum atomic E-state index is 12.3. The lowest BCUT2D eigenvalue weighted by Crippen LogP contribution is -2.48. The Labute approximate surface area is 158 Å². The summed E-state index contributed by atoms with van der Waals surface area (Å²) < 4.78 is 15.3. The Morgan fingerprint density at radius 1 is 1.19 bits per heavy atom. The molecule has 0 bridgehead atoms. The van der Waals surface area contributed by atoms with Gasteiger partial charge in [0.2, 0.25) is 0 Å². The summed E-state index contributed by atoms with van der Waals surface area (Å²) in [7, 11) is 1.31. The van der Waals surface area contributed by atoms with Gasteiger partial charge in [0.1, 0.15) is 11.9 Å². The largest absolute Gasteiger partial charge is 0.465 e. The lowest BCUT2D eigenvalue weighted by molar-refractivity contribution is 0.0600. The van der Waals surface area contributed by atoms with Crippen LogP contribution < -0.4 is 4.74 Å². The van der Waals surface area contributed by atoms with Crippen LogP contribution in [0.4, 0.5) is 9.59 Å². The molecule has 0 N–H and O–H groups in total. The average molecular weight is 376 g/mol. The third kappa shape index (κ3) is 4.32. The van der Waals surface area contributed by atoms with E-state index in [1.54, 1.807) is 34.1 Å². The number of esters is 1. The molecule has 146 valence electrons. The molecule has 8 nitrogen and oxygen atoms in total. The average Bonchev–Trinajstić information content (AvgIpc) is 3.09. The molecule has 2 saturated heterocycles. The standard InChI is InChI=1S/C19H24N2O6/c1-3-15-12-21(19(24)26-15)14-8-10-20(11-9-14)18(23)27-16-6-4-13(5-7-16)17(22)25-2/h4-7,14-15H,3,8-12H2,1-2H3. The molecular formula is C19H24N2O6. The molecule has 1 atom stereocenters. The van der Waals surface area contributed by atoms with Crippen molar-refractivity contribution >= 4 is 18.2 Å². The van der Waals surface area contributed by atoms with Crippen molar-refractivity contribution in [3.05, 3.63) is 29.8 Å². The summed E-state index contributed by atoms with van der Waals surface area (Å²) in [5.41, 5.74) is 0.390. The molecule has 0 aromatic heterocycles. The molecular weight excluding hydrogens is 352 g/mol. The van der Waals surface area contributed by atoms with Gasteiger partial charge in [0.05, 0.1) is 19.2 Å². The maximum absolute atomic E-state index is 12.3. The molecule has 0 radical (unpaired) electrons. The third-order valence-electron chi connectivity index (χ3n) is 5.00. The van der Waals surface area contributed by atoms with Gasteiger partial charge in [0.25, 0.3) is 0 Å². The fourth-order valence-electron chi connectivity index (χ4n) is 3.35. The highest BCUT2D eigenvalue weighted by Crippen LogP contribution is 2.24. The van der Waals surface area contributed by atoms with Crippen LogP contribution in [0.15, 0.2) is 24.3 Å². The molecule has 1 unspecified atom stereocenters. The number of cyclic esters (lactones) is 1. The molecule has 0 saturated carbocycles. The lowest BCUT2D eigenvalue weighted by atomic mass is 10.0. The summed E-state index contributed by atoms with van der Waals surface area (Å²) >= 11 is 0. The van der Waals surface area contributed by atoms with Gasteiger partial charge in [-0.3, -0.25) is 0 Å². The van der Waals surface area contributed by atoms with E-state index in [4.69, 9.17) is 9.47 Å². The third-order valence-corrected chi connectivity index (χ3v) is 5.00. The summed E-state index contributed by atoms with van der Waals surface area (Å²) in [4.78, 5) is 39.1. The molecule has 0 aliphatic carbocycles. The highest BCUT2D eigenvalue weighted by atomic mass is 16.6. The zero-order valence-corrected chi connectivity index (χ0v) is 15.6. The zero-order valence-electron chi connectivity index (χ0n) is 15.6. The molecule has 8 heteroatoms. The lowest BCUT2D eigenvalue weighted by Gasteiger charge is -2.34. The van der Waals surface area contributed by atoms with Gasteiger partial charge in [-0.2, -0.15) is 0 Å². The first-order valence-corrected chi connectivity index (χ1v) is 9.14. The van der Waals surface area contributed by atoms with Gasteiger partial charge in [-0.25, -0.2) is 14.4 Å². The van der Waals surface area contributed by atoms with E-state index in [1.807, 2.05) is 6.92 Å².